The number of nitrogens with one attached hydrogen (secondary N) is 1. The number of nitrogens with zero attached hydrogens (tertiary/aromatic N) is 1. The van der Waals surface area contributed by atoms with E-state index >= 15 is 0 Å². The van der Waals surface area contributed by atoms with E-state index in [-0.39, 0.29) is 0 Å². The van der Waals surface area contributed by atoms with Crippen molar-refractivity contribution in [2.24, 2.45) is 0 Å². The van der Waals surface area contributed by atoms with E-state index in [1.165, 1.54) is 4.88 Å². The van der Waals surface area contributed by atoms with Crippen LogP contribution < -0.4 is 5.32 Å². The van der Waals surface area contributed by atoms with E-state index in [4.69, 9.17) is 4.42 Å². The molecule has 0 aliphatic carbocycles. The molecule has 2 heterocycles. The van der Waals surface area contributed by atoms with Crippen molar-refractivity contribution >= 4 is 11.3 Å². The Morgan fingerprint density at radius 1 is 1.62 bits per heavy atom. The monoisotopic (exact) mass is 238 g/mol. The Balaban J connectivity index is 1.78. The maximum atomic E-state index is 9.74. The summed E-state index contributed by atoms with van der Waals surface area (Å²) in [4.78, 5) is 5.36. The lowest BCUT2D eigenvalue weighted by Gasteiger charge is -2.08. The van der Waals surface area contributed by atoms with Gasteiger partial charge in [-0.25, -0.2) is 4.98 Å². The molecule has 0 aliphatic rings. The lowest BCUT2D eigenvalue weighted by atomic mass is 10.2. The van der Waals surface area contributed by atoms with Crippen LogP contribution >= 0.6 is 11.3 Å². The summed E-state index contributed by atoms with van der Waals surface area (Å²) >= 11 is 1.62. The zero-order valence-electron chi connectivity index (χ0n) is 9.01. The SMILES string of the molecule is Cc1ncsc1CNC[C@@H](O)c1ccco1. The standard InChI is InChI=1S/C11H14N2O2S/c1-8-11(16-7-13-8)6-12-5-9(14)10-3-2-4-15-10/h2-4,7,9,12,14H,5-6H2,1H3/t9-/m1/s1. The summed E-state index contributed by atoms with van der Waals surface area (Å²) in [5, 5.41) is 12.9. The zero-order valence-corrected chi connectivity index (χ0v) is 9.83. The maximum absolute atomic E-state index is 9.74. The highest BCUT2D eigenvalue weighted by Crippen LogP contribution is 2.14. The van der Waals surface area contributed by atoms with Crippen LogP contribution in [0.3, 0.4) is 0 Å². The average Bonchev–Trinajstić information content (AvgIpc) is 2.90. The van der Waals surface area contributed by atoms with Crippen molar-refractivity contribution in [3.8, 4) is 0 Å². The molecule has 0 amide bonds. The van der Waals surface area contributed by atoms with E-state index in [0.29, 0.717) is 12.3 Å². The van der Waals surface area contributed by atoms with Crippen LogP contribution in [0.2, 0.25) is 0 Å². The smallest absolute Gasteiger partial charge is 0.133 e. The van der Waals surface area contributed by atoms with Crippen LogP contribution in [0.1, 0.15) is 22.4 Å². The second kappa shape index (κ2) is 5.25. The molecule has 86 valence electrons. The summed E-state index contributed by atoms with van der Waals surface area (Å²) < 4.78 is 5.11. The normalized spacial score (nSPS) is 12.9. The molecule has 0 spiro atoms. The first-order valence-electron chi connectivity index (χ1n) is 5.08. The third-order valence-electron chi connectivity index (χ3n) is 2.34. The summed E-state index contributed by atoms with van der Waals surface area (Å²) in [7, 11) is 0. The minimum atomic E-state index is -0.594. The molecule has 0 unspecified atom stereocenters. The topological polar surface area (TPSA) is 58.3 Å². The minimum absolute atomic E-state index is 0.477. The van der Waals surface area contributed by atoms with Gasteiger partial charge in [0.25, 0.3) is 0 Å². The number of hydrogen-bond acceptors (Lipinski definition) is 5. The second-order valence-electron chi connectivity index (χ2n) is 3.52. The van der Waals surface area contributed by atoms with Crippen molar-refractivity contribution < 1.29 is 9.52 Å². The van der Waals surface area contributed by atoms with Crippen LogP contribution in [0.4, 0.5) is 0 Å². The molecule has 0 bridgehead atoms. The summed E-state index contributed by atoms with van der Waals surface area (Å²) in [5.41, 5.74) is 2.87. The molecular weight excluding hydrogens is 224 g/mol. The van der Waals surface area contributed by atoms with Crippen molar-refractivity contribution in [1.82, 2.24) is 10.3 Å². The first kappa shape index (κ1) is 11.3. The van der Waals surface area contributed by atoms with Crippen LogP contribution in [0.5, 0.6) is 0 Å². The van der Waals surface area contributed by atoms with Crippen molar-refractivity contribution in [2.45, 2.75) is 19.6 Å². The van der Waals surface area contributed by atoms with Gasteiger partial charge in [-0.3, -0.25) is 0 Å². The Kier molecular flexibility index (Phi) is 3.71. The van der Waals surface area contributed by atoms with Crippen molar-refractivity contribution in [3.05, 3.63) is 40.2 Å². The maximum Gasteiger partial charge on any atom is 0.133 e. The highest BCUT2D eigenvalue weighted by molar-refractivity contribution is 7.09. The fourth-order valence-corrected chi connectivity index (χ4v) is 2.15. The largest absolute Gasteiger partial charge is 0.467 e. The van der Waals surface area contributed by atoms with Gasteiger partial charge in [0.2, 0.25) is 0 Å². The van der Waals surface area contributed by atoms with Gasteiger partial charge < -0.3 is 14.8 Å². The zero-order chi connectivity index (χ0) is 11.4. The Morgan fingerprint density at radius 2 is 2.50 bits per heavy atom. The lowest BCUT2D eigenvalue weighted by Crippen LogP contribution is -2.20. The number of thiazole rings is 1. The predicted octanol–water partition coefficient (Wildman–Crippen LogP) is 1.87. The van der Waals surface area contributed by atoms with E-state index in [1.54, 1.807) is 29.7 Å². The van der Waals surface area contributed by atoms with Gasteiger partial charge >= 0.3 is 0 Å². The Labute approximate surface area is 97.9 Å². The number of aliphatic hydroxyl groups is 1. The number of furan rings is 1. The fraction of sp³-hybridized carbons (Fsp3) is 0.364. The molecule has 16 heavy (non-hydrogen) atoms. The summed E-state index contributed by atoms with van der Waals surface area (Å²) in [6.07, 6.45) is 0.967. The molecule has 1 atom stereocenters. The number of aliphatic hydroxyl groups excluding tert-OH is 1. The van der Waals surface area contributed by atoms with E-state index in [1.807, 2.05) is 12.4 Å². The highest BCUT2D eigenvalue weighted by atomic mass is 32.1. The molecule has 0 radical (unpaired) electrons. The first-order chi connectivity index (χ1) is 7.77. The molecule has 0 fully saturated rings. The number of rotatable bonds is 5. The molecule has 0 aliphatic heterocycles. The van der Waals surface area contributed by atoms with Gasteiger partial charge in [-0.1, -0.05) is 0 Å². The van der Waals surface area contributed by atoms with E-state index in [0.717, 1.165) is 12.2 Å². The molecular formula is C11H14N2O2S. The molecule has 4 nitrogen and oxygen atoms in total. The third-order valence-corrected chi connectivity index (χ3v) is 3.27. The number of aryl methyl sites for hydroxylation is 1. The van der Waals surface area contributed by atoms with Crippen LogP contribution in [0.25, 0.3) is 0 Å². The van der Waals surface area contributed by atoms with Gasteiger partial charge in [-0.05, 0) is 19.1 Å². The van der Waals surface area contributed by atoms with Crippen molar-refractivity contribution in [3.63, 3.8) is 0 Å². The molecule has 0 saturated carbocycles. The van der Waals surface area contributed by atoms with E-state index in [2.05, 4.69) is 10.3 Å². The quantitative estimate of drug-likeness (QED) is 0.835. The van der Waals surface area contributed by atoms with Crippen molar-refractivity contribution in [2.75, 3.05) is 6.54 Å². The average molecular weight is 238 g/mol. The van der Waals surface area contributed by atoms with E-state index in [9.17, 15) is 5.11 Å². The molecule has 0 saturated heterocycles. The Hall–Kier alpha value is -1.17. The summed E-state index contributed by atoms with van der Waals surface area (Å²) in [6, 6.07) is 3.54. The van der Waals surface area contributed by atoms with Crippen LogP contribution in [-0.2, 0) is 6.54 Å². The van der Waals surface area contributed by atoms with Crippen LogP contribution in [0, 0.1) is 6.92 Å². The lowest BCUT2D eigenvalue weighted by molar-refractivity contribution is 0.147. The molecule has 5 heteroatoms. The van der Waals surface area contributed by atoms with Crippen molar-refractivity contribution in [1.29, 1.82) is 0 Å². The molecule has 2 N–H and O–H groups in total. The summed E-state index contributed by atoms with van der Waals surface area (Å²) in [6.45, 7) is 3.19. The second-order valence-corrected chi connectivity index (χ2v) is 4.46. The molecule has 0 aromatic carbocycles. The highest BCUT2D eigenvalue weighted by Gasteiger charge is 2.09. The first-order valence-corrected chi connectivity index (χ1v) is 5.96. The minimum Gasteiger partial charge on any atom is -0.467 e. The van der Waals surface area contributed by atoms with Gasteiger partial charge in [-0.15, -0.1) is 11.3 Å². The molecule has 2 aromatic rings. The fourth-order valence-electron chi connectivity index (χ4n) is 1.40. The van der Waals surface area contributed by atoms with Crippen LogP contribution in [0.15, 0.2) is 28.3 Å². The van der Waals surface area contributed by atoms with Gasteiger partial charge in [0.05, 0.1) is 17.5 Å². The van der Waals surface area contributed by atoms with E-state index < -0.39 is 6.10 Å². The van der Waals surface area contributed by atoms with Crippen LogP contribution in [-0.4, -0.2) is 16.6 Å². The van der Waals surface area contributed by atoms with Gasteiger partial charge in [0.1, 0.15) is 11.9 Å². The van der Waals surface area contributed by atoms with Gasteiger partial charge in [0.15, 0.2) is 0 Å². The Bertz CT molecular complexity index is 425. The third kappa shape index (κ3) is 2.69. The number of hydrogen-bond donors (Lipinski definition) is 2. The summed E-state index contributed by atoms with van der Waals surface area (Å²) in [5.74, 6) is 0.591. The molecule has 2 aromatic heterocycles. The van der Waals surface area contributed by atoms with Gasteiger partial charge in [0, 0.05) is 18.0 Å². The molecule has 2 rings (SSSR count). The number of aromatic nitrogens is 1. The predicted molar refractivity (Wildman–Crippen MR) is 62.2 cm³/mol. The van der Waals surface area contributed by atoms with Gasteiger partial charge in [-0.2, -0.15) is 0 Å². The Morgan fingerprint density at radius 3 is 3.12 bits per heavy atom.